The van der Waals surface area contributed by atoms with Gasteiger partial charge in [0.25, 0.3) is 0 Å². The summed E-state index contributed by atoms with van der Waals surface area (Å²) < 4.78 is 0. The Labute approximate surface area is 114 Å². The van der Waals surface area contributed by atoms with Crippen LogP contribution in [0.4, 0.5) is 11.5 Å². The standard InChI is InChI=1S/C14H22N4O/c1-2-11(9-15)14(19)17-12-5-6-13(16-10-12)18-7-3-4-8-18/h5-6,10-11H,2-4,7-9,15H2,1H3,(H,17,19). The van der Waals surface area contributed by atoms with E-state index in [1.807, 2.05) is 19.1 Å². The van der Waals surface area contributed by atoms with Gasteiger partial charge in [0.05, 0.1) is 17.8 Å². The van der Waals surface area contributed by atoms with Crippen molar-refractivity contribution in [3.05, 3.63) is 18.3 Å². The molecular formula is C14H22N4O. The van der Waals surface area contributed by atoms with Crippen LogP contribution < -0.4 is 16.0 Å². The second-order valence-corrected chi connectivity index (χ2v) is 4.93. The molecular weight excluding hydrogens is 240 g/mol. The lowest BCUT2D eigenvalue weighted by Crippen LogP contribution is -2.28. The molecule has 1 amide bonds. The molecule has 0 bridgehead atoms. The highest BCUT2D eigenvalue weighted by Crippen LogP contribution is 2.19. The summed E-state index contributed by atoms with van der Waals surface area (Å²) in [4.78, 5) is 18.6. The molecule has 0 spiro atoms. The molecule has 1 saturated heterocycles. The molecule has 0 saturated carbocycles. The monoisotopic (exact) mass is 262 g/mol. The van der Waals surface area contributed by atoms with Gasteiger partial charge in [-0.05, 0) is 31.4 Å². The summed E-state index contributed by atoms with van der Waals surface area (Å²) in [6.07, 6.45) is 4.93. The first kappa shape index (κ1) is 13.8. The number of hydrogen-bond acceptors (Lipinski definition) is 4. The summed E-state index contributed by atoms with van der Waals surface area (Å²) in [6.45, 7) is 4.49. The number of anilines is 2. The smallest absolute Gasteiger partial charge is 0.228 e. The molecule has 2 heterocycles. The van der Waals surface area contributed by atoms with Gasteiger partial charge in [-0.2, -0.15) is 0 Å². The Hall–Kier alpha value is -1.62. The number of nitrogens with zero attached hydrogens (tertiary/aromatic N) is 2. The van der Waals surface area contributed by atoms with Crippen molar-refractivity contribution in [3.8, 4) is 0 Å². The first-order valence-corrected chi connectivity index (χ1v) is 6.96. The summed E-state index contributed by atoms with van der Waals surface area (Å²) >= 11 is 0. The number of nitrogens with one attached hydrogen (secondary N) is 1. The van der Waals surface area contributed by atoms with E-state index >= 15 is 0 Å². The molecule has 0 aliphatic carbocycles. The Kier molecular flexibility index (Phi) is 4.74. The zero-order valence-corrected chi connectivity index (χ0v) is 11.4. The largest absolute Gasteiger partial charge is 0.357 e. The normalized spacial score (nSPS) is 16.4. The molecule has 1 aromatic heterocycles. The maximum Gasteiger partial charge on any atom is 0.228 e. The van der Waals surface area contributed by atoms with Crippen molar-refractivity contribution in [2.45, 2.75) is 26.2 Å². The van der Waals surface area contributed by atoms with Gasteiger partial charge >= 0.3 is 0 Å². The third kappa shape index (κ3) is 3.44. The molecule has 1 unspecified atom stereocenters. The van der Waals surface area contributed by atoms with Gasteiger partial charge < -0.3 is 16.0 Å². The number of carbonyl (C=O) groups is 1. The van der Waals surface area contributed by atoms with Crippen LogP contribution in [0.25, 0.3) is 0 Å². The zero-order valence-electron chi connectivity index (χ0n) is 11.4. The van der Waals surface area contributed by atoms with Gasteiger partial charge in [-0.25, -0.2) is 4.98 Å². The van der Waals surface area contributed by atoms with Gasteiger partial charge in [0.15, 0.2) is 0 Å². The van der Waals surface area contributed by atoms with Crippen LogP contribution >= 0.6 is 0 Å². The van der Waals surface area contributed by atoms with Gasteiger partial charge in [-0.3, -0.25) is 4.79 Å². The minimum Gasteiger partial charge on any atom is -0.357 e. The summed E-state index contributed by atoms with van der Waals surface area (Å²) in [7, 11) is 0. The van der Waals surface area contributed by atoms with Crippen molar-refractivity contribution < 1.29 is 4.79 Å². The second kappa shape index (κ2) is 6.52. The van der Waals surface area contributed by atoms with Crippen LogP contribution in [0, 0.1) is 5.92 Å². The van der Waals surface area contributed by atoms with Gasteiger partial charge in [0.2, 0.25) is 5.91 Å². The van der Waals surface area contributed by atoms with Gasteiger partial charge in [0, 0.05) is 19.6 Å². The van der Waals surface area contributed by atoms with Crippen LogP contribution in [0.5, 0.6) is 0 Å². The number of amides is 1. The fourth-order valence-electron chi connectivity index (χ4n) is 2.30. The van der Waals surface area contributed by atoms with E-state index in [0.29, 0.717) is 6.54 Å². The Morgan fingerprint density at radius 3 is 2.74 bits per heavy atom. The topological polar surface area (TPSA) is 71.2 Å². The predicted octanol–water partition coefficient (Wildman–Crippen LogP) is 1.61. The van der Waals surface area contributed by atoms with E-state index in [2.05, 4.69) is 15.2 Å². The molecule has 1 fully saturated rings. The quantitative estimate of drug-likeness (QED) is 0.845. The SMILES string of the molecule is CCC(CN)C(=O)Nc1ccc(N2CCCC2)nc1. The number of carbonyl (C=O) groups excluding carboxylic acids is 1. The molecule has 5 nitrogen and oxygen atoms in total. The van der Waals surface area contributed by atoms with Crippen molar-refractivity contribution in [1.29, 1.82) is 0 Å². The molecule has 0 aromatic carbocycles. The van der Waals surface area contributed by atoms with Crippen LogP contribution in [0.3, 0.4) is 0 Å². The maximum absolute atomic E-state index is 11.9. The van der Waals surface area contributed by atoms with E-state index in [9.17, 15) is 4.79 Å². The van der Waals surface area contributed by atoms with E-state index < -0.39 is 0 Å². The Morgan fingerprint density at radius 2 is 2.21 bits per heavy atom. The number of aromatic nitrogens is 1. The van der Waals surface area contributed by atoms with Crippen LogP contribution in [0.2, 0.25) is 0 Å². The van der Waals surface area contributed by atoms with Crippen molar-refractivity contribution in [1.82, 2.24) is 4.98 Å². The molecule has 1 aromatic rings. The van der Waals surface area contributed by atoms with E-state index in [1.54, 1.807) is 6.20 Å². The molecule has 1 aliphatic rings. The molecule has 0 radical (unpaired) electrons. The van der Waals surface area contributed by atoms with Crippen molar-refractivity contribution in [2.24, 2.45) is 11.7 Å². The number of hydrogen-bond donors (Lipinski definition) is 2. The maximum atomic E-state index is 11.9. The molecule has 104 valence electrons. The number of rotatable bonds is 5. The first-order valence-electron chi connectivity index (χ1n) is 6.96. The van der Waals surface area contributed by atoms with Crippen LogP contribution in [0.15, 0.2) is 18.3 Å². The van der Waals surface area contributed by atoms with Crippen molar-refractivity contribution in [3.63, 3.8) is 0 Å². The molecule has 19 heavy (non-hydrogen) atoms. The fourth-order valence-corrected chi connectivity index (χ4v) is 2.30. The summed E-state index contributed by atoms with van der Waals surface area (Å²) in [6, 6.07) is 3.87. The van der Waals surface area contributed by atoms with Gasteiger partial charge in [0.1, 0.15) is 5.82 Å². The van der Waals surface area contributed by atoms with E-state index in [1.165, 1.54) is 12.8 Å². The molecule has 2 rings (SSSR count). The highest BCUT2D eigenvalue weighted by molar-refractivity contribution is 5.92. The molecule has 1 atom stereocenters. The number of pyridine rings is 1. The Bertz CT molecular complexity index is 408. The third-order valence-electron chi connectivity index (χ3n) is 3.59. The first-order chi connectivity index (χ1) is 9.24. The van der Waals surface area contributed by atoms with Crippen LogP contribution in [-0.4, -0.2) is 30.5 Å². The Morgan fingerprint density at radius 1 is 1.47 bits per heavy atom. The van der Waals surface area contributed by atoms with Gasteiger partial charge in [-0.15, -0.1) is 0 Å². The molecule has 1 aliphatic heterocycles. The zero-order chi connectivity index (χ0) is 13.7. The van der Waals surface area contributed by atoms with E-state index in [-0.39, 0.29) is 11.8 Å². The van der Waals surface area contributed by atoms with E-state index in [0.717, 1.165) is 31.0 Å². The number of nitrogens with two attached hydrogens (primary N) is 1. The van der Waals surface area contributed by atoms with E-state index in [4.69, 9.17) is 5.73 Å². The summed E-state index contributed by atoms with van der Waals surface area (Å²) in [5, 5.41) is 2.86. The predicted molar refractivity (Wildman–Crippen MR) is 77.1 cm³/mol. The molecule has 5 heteroatoms. The minimum absolute atomic E-state index is 0.0271. The lowest BCUT2D eigenvalue weighted by atomic mass is 10.1. The summed E-state index contributed by atoms with van der Waals surface area (Å²) in [5.74, 6) is 0.834. The average molecular weight is 262 g/mol. The van der Waals surface area contributed by atoms with Gasteiger partial charge in [-0.1, -0.05) is 6.92 Å². The lowest BCUT2D eigenvalue weighted by molar-refractivity contribution is -0.119. The fraction of sp³-hybridized carbons (Fsp3) is 0.571. The van der Waals surface area contributed by atoms with Crippen molar-refractivity contribution >= 4 is 17.4 Å². The van der Waals surface area contributed by atoms with Crippen LogP contribution in [-0.2, 0) is 4.79 Å². The Balaban J connectivity index is 1.96. The van der Waals surface area contributed by atoms with Crippen molar-refractivity contribution in [2.75, 3.05) is 29.9 Å². The lowest BCUT2D eigenvalue weighted by Gasteiger charge is -2.17. The average Bonchev–Trinajstić information content (AvgIpc) is 2.95. The molecule has 3 N–H and O–H groups in total. The second-order valence-electron chi connectivity index (χ2n) is 4.93. The highest BCUT2D eigenvalue weighted by Gasteiger charge is 2.16. The van der Waals surface area contributed by atoms with Crippen LogP contribution in [0.1, 0.15) is 26.2 Å². The highest BCUT2D eigenvalue weighted by atomic mass is 16.1. The minimum atomic E-state index is -0.127. The summed E-state index contributed by atoms with van der Waals surface area (Å²) in [5.41, 5.74) is 6.30. The third-order valence-corrected chi connectivity index (χ3v) is 3.59.